The van der Waals surface area contributed by atoms with Crippen molar-refractivity contribution in [3.63, 3.8) is 0 Å². The van der Waals surface area contributed by atoms with Crippen LogP contribution in [0, 0.1) is 13.8 Å². The molecule has 0 bridgehead atoms. The van der Waals surface area contributed by atoms with Gasteiger partial charge in [-0.25, -0.2) is 9.78 Å². The Morgan fingerprint density at radius 2 is 1.82 bits per heavy atom. The minimum atomic E-state index is -0.839. The average molecular weight is 530 g/mol. The lowest BCUT2D eigenvalue weighted by Crippen LogP contribution is -2.38. The summed E-state index contributed by atoms with van der Waals surface area (Å²) in [5, 5.41) is 9.17. The number of carbonyl (C=O) groups excluding carboxylic acids is 1. The molecule has 2 saturated heterocycles. The molecular weight excluding hydrogens is 494 g/mol. The molecule has 0 saturated carbocycles. The topological polar surface area (TPSA) is 92.2 Å². The van der Waals surface area contributed by atoms with E-state index in [0.717, 1.165) is 64.4 Å². The van der Waals surface area contributed by atoms with Gasteiger partial charge in [-0.2, -0.15) is 0 Å². The highest BCUT2D eigenvalue weighted by atomic mass is 16.6. The van der Waals surface area contributed by atoms with Crippen LogP contribution in [0.3, 0.4) is 0 Å². The number of ether oxygens (including phenoxy) is 2. The molecule has 5 rings (SSSR count). The van der Waals surface area contributed by atoms with Crippen LogP contribution < -0.4 is 9.64 Å². The van der Waals surface area contributed by atoms with Crippen molar-refractivity contribution in [3.8, 4) is 16.9 Å². The molecule has 39 heavy (non-hydrogen) atoms. The Hall–Kier alpha value is -4.07. The predicted molar refractivity (Wildman–Crippen MR) is 149 cm³/mol. The zero-order valence-electron chi connectivity index (χ0n) is 22.9. The van der Waals surface area contributed by atoms with Crippen molar-refractivity contribution in [2.24, 2.45) is 0 Å². The molecule has 2 fully saturated rings. The lowest BCUT2D eigenvalue weighted by molar-refractivity contribution is -0.136. The van der Waals surface area contributed by atoms with Gasteiger partial charge in [0.25, 0.3) is 0 Å². The number of aryl methyl sites for hydroxylation is 3. The van der Waals surface area contributed by atoms with Crippen LogP contribution in [-0.4, -0.2) is 53.3 Å². The van der Waals surface area contributed by atoms with Crippen LogP contribution in [0.25, 0.3) is 11.1 Å². The van der Waals surface area contributed by atoms with E-state index < -0.39 is 5.97 Å². The van der Waals surface area contributed by atoms with Crippen LogP contribution in [0.15, 0.2) is 48.5 Å². The highest BCUT2D eigenvalue weighted by molar-refractivity contribution is 5.76. The van der Waals surface area contributed by atoms with E-state index in [1.54, 1.807) is 12.0 Å². The fourth-order valence-corrected chi connectivity index (χ4v) is 5.44. The number of rotatable bonds is 9. The average Bonchev–Trinajstić information content (AvgIpc) is 3.14. The highest BCUT2D eigenvalue weighted by Crippen LogP contribution is 2.38. The molecule has 8 heteroatoms. The summed E-state index contributed by atoms with van der Waals surface area (Å²) in [4.78, 5) is 33.4. The Labute approximate surface area is 229 Å². The third-order valence-corrected chi connectivity index (χ3v) is 7.61. The summed E-state index contributed by atoms with van der Waals surface area (Å²) in [6.45, 7) is 8.30. The van der Waals surface area contributed by atoms with Crippen molar-refractivity contribution in [3.05, 3.63) is 76.5 Å². The number of hydrogen-bond donors (Lipinski definition) is 1. The molecule has 0 radical (unpaired) electrons. The largest absolute Gasteiger partial charge is 0.496 e. The monoisotopic (exact) mass is 529 g/mol. The fraction of sp³-hybridized carbons (Fsp3) is 0.387. The van der Waals surface area contributed by atoms with Gasteiger partial charge in [-0.15, -0.1) is 0 Å². The first-order valence-electron chi connectivity index (χ1n) is 13.4. The number of carboxylic acid groups (broad SMARTS) is 1. The van der Waals surface area contributed by atoms with Crippen LogP contribution in [0.1, 0.15) is 53.8 Å². The maximum absolute atomic E-state index is 13.2. The fourth-order valence-electron chi connectivity index (χ4n) is 5.44. The summed E-state index contributed by atoms with van der Waals surface area (Å²) >= 11 is 0. The molecule has 2 atom stereocenters. The number of aromatic nitrogens is 1. The number of methoxy groups -OCH3 is 1. The highest BCUT2D eigenvalue weighted by Gasteiger charge is 2.40. The summed E-state index contributed by atoms with van der Waals surface area (Å²) in [7, 11) is 1.62. The summed E-state index contributed by atoms with van der Waals surface area (Å²) < 4.78 is 11.6. The summed E-state index contributed by atoms with van der Waals surface area (Å²) in [6, 6.07) is 15.8. The Morgan fingerprint density at radius 1 is 1.08 bits per heavy atom. The molecule has 3 heterocycles. The Bertz CT molecular complexity index is 1380. The van der Waals surface area contributed by atoms with Crippen LogP contribution in [0.2, 0.25) is 0 Å². The molecule has 2 aliphatic rings. The molecule has 204 valence electrons. The van der Waals surface area contributed by atoms with E-state index in [4.69, 9.17) is 14.5 Å². The first-order valence-corrected chi connectivity index (χ1v) is 13.4. The van der Waals surface area contributed by atoms with Crippen molar-refractivity contribution in [2.45, 2.75) is 58.7 Å². The zero-order valence-corrected chi connectivity index (χ0v) is 22.9. The maximum atomic E-state index is 13.2. The van der Waals surface area contributed by atoms with Gasteiger partial charge in [-0.1, -0.05) is 35.4 Å². The van der Waals surface area contributed by atoms with E-state index in [-0.39, 0.29) is 31.2 Å². The third kappa shape index (κ3) is 5.55. The molecule has 2 aromatic carbocycles. The standard InChI is InChI=1S/C31H35N3O5/c1-19-14-20(2)16-23(15-19)30-21(3)34(31(37)39-30)18-26-24(8-10-28(32-26)33-12-5-13-33)25-17-22(7-11-29(35)36)6-9-27(25)38-4/h6,8-10,14-17,21,30H,5,7,11-13,18H2,1-4H3,(H,35,36). The molecule has 8 nitrogen and oxygen atoms in total. The van der Waals surface area contributed by atoms with E-state index in [1.165, 1.54) is 0 Å². The number of carboxylic acids is 1. The van der Waals surface area contributed by atoms with Gasteiger partial charge in [0.1, 0.15) is 17.7 Å². The number of pyridine rings is 1. The molecule has 1 aromatic heterocycles. The van der Waals surface area contributed by atoms with E-state index in [1.807, 2.05) is 51.1 Å². The van der Waals surface area contributed by atoms with Gasteiger partial charge in [0.2, 0.25) is 0 Å². The number of amides is 1. The zero-order chi connectivity index (χ0) is 27.7. The van der Waals surface area contributed by atoms with Crippen molar-refractivity contribution in [1.82, 2.24) is 9.88 Å². The summed E-state index contributed by atoms with van der Waals surface area (Å²) in [5.41, 5.74) is 6.58. The van der Waals surface area contributed by atoms with Crippen LogP contribution in [-0.2, 0) is 22.5 Å². The second-order valence-corrected chi connectivity index (χ2v) is 10.5. The Morgan fingerprint density at radius 3 is 2.46 bits per heavy atom. The number of benzene rings is 2. The molecule has 0 spiro atoms. The normalized spacial score (nSPS) is 18.6. The maximum Gasteiger partial charge on any atom is 0.411 e. The third-order valence-electron chi connectivity index (χ3n) is 7.61. The first-order chi connectivity index (χ1) is 18.7. The van der Waals surface area contributed by atoms with E-state index in [0.29, 0.717) is 12.2 Å². The quantitative estimate of drug-likeness (QED) is 0.381. The van der Waals surface area contributed by atoms with Crippen molar-refractivity contribution >= 4 is 17.9 Å². The molecule has 2 aliphatic heterocycles. The Balaban J connectivity index is 1.51. The van der Waals surface area contributed by atoms with Crippen molar-refractivity contribution < 1.29 is 24.2 Å². The lowest BCUT2D eigenvalue weighted by Gasteiger charge is -2.33. The second kappa shape index (κ2) is 11.0. The predicted octanol–water partition coefficient (Wildman–Crippen LogP) is 5.68. The van der Waals surface area contributed by atoms with E-state index in [2.05, 4.69) is 23.1 Å². The number of hydrogen-bond acceptors (Lipinski definition) is 6. The van der Waals surface area contributed by atoms with Gasteiger partial charge >= 0.3 is 12.1 Å². The van der Waals surface area contributed by atoms with Gasteiger partial charge in [-0.05, 0) is 69.0 Å². The lowest BCUT2D eigenvalue weighted by atomic mass is 9.97. The van der Waals surface area contributed by atoms with Gasteiger partial charge in [0, 0.05) is 30.6 Å². The van der Waals surface area contributed by atoms with Crippen LogP contribution >= 0.6 is 0 Å². The smallest absolute Gasteiger partial charge is 0.411 e. The first kappa shape index (κ1) is 26.5. The number of anilines is 1. The molecule has 1 N–H and O–H groups in total. The molecule has 3 aromatic rings. The molecule has 0 aliphatic carbocycles. The van der Waals surface area contributed by atoms with Crippen LogP contribution in [0.4, 0.5) is 10.6 Å². The van der Waals surface area contributed by atoms with Crippen molar-refractivity contribution in [2.75, 3.05) is 25.1 Å². The van der Waals surface area contributed by atoms with E-state index >= 15 is 0 Å². The number of aliphatic carboxylic acids is 1. The minimum absolute atomic E-state index is 0.0434. The van der Waals surface area contributed by atoms with Gasteiger partial charge in [0.05, 0.1) is 25.4 Å². The van der Waals surface area contributed by atoms with Gasteiger partial charge < -0.3 is 19.5 Å². The molecular formula is C31H35N3O5. The minimum Gasteiger partial charge on any atom is -0.496 e. The van der Waals surface area contributed by atoms with Gasteiger partial charge in [-0.3, -0.25) is 9.69 Å². The van der Waals surface area contributed by atoms with Crippen LogP contribution in [0.5, 0.6) is 5.75 Å². The number of nitrogens with zero attached hydrogens (tertiary/aromatic N) is 3. The molecule has 2 unspecified atom stereocenters. The van der Waals surface area contributed by atoms with Gasteiger partial charge in [0.15, 0.2) is 0 Å². The van der Waals surface area contributed by atoms with E-state index in [9.17, 15) is 14.7 Å². The second-order valence-electron chi connectivity index (χ2n) is 10.5. The molecule has 1 amide bonds. The Kier molecular flexibility index (Phi) is 7.46. The summed E-state index contributed by atoms with van der Waals surface area (Å²) in [6.07, 6.45) is 0.851. The summed E-state index contributed by atoms with van der Waals surface area (Å²) in [5.74, 6) is 0.708. The van der Waals surface area contributed by atoms with Crippen molar-refractivity contribution in [1.29, 1.82) is 0 Å². The SMILES string of the molecule is COc1ccc(CCC(=O)O)cc1-c1ccc(N2CCC2)nc1CN1C(=O)OC(c2cc(C)cc(C)c2)C1C. The number of carbonyl (C=O) groups is 2. The number of cyclic esters (lactones) is 1.